The van der Waals surface area contributed by atoms with Crippen molar-refractivity contribution < 1.29 is 23.9 Å². The molecule has 0 saturated carbocycles. The van der Waals surface area contributed by atoms with E-state index in [1.54, 1.807) is 13.8 Å². The molecule has 0 radical (unpaired) electrons. The molecule has 7 heteroatoms. The average molecular weight is 308 g/mol. The van der Waals surface area contributed by atoms with Crippen LogP contribution in [0.4, 0.5) is 0 Å². The first-order valence-electron chi connectivity index (χ1n) is 7.29. The Kier molecular flexibility index (Phi) is 4.35. The van der Waals surface area contributed by atoms with Gasteiger partial charge in [-0.15, -0.1) is 0 Å². The first-order chi connectivity index (χ1) is 10.4. The summed E-state index contributed by atoms with van der Waals surface area (Å²) >= 11 is 0. The maximum absolute atomic E-state index is 12.7. The van der Waals surface area contributed by atoms with Crippen molar-refractivity contribution in [2.24, 2.45) is 5.10 Å². The van der Waals surface area contributed by atoms with E-state index in [1.165, 1.54) is 5.01 Å². The second kappa shape index (κ2) is 5.90. The molecule has 0 amide bonds. The van der Waals surface area contributed by atoms with Gasteiger partial charge in [-0.1, -0.05) is 11.1 Å². The van der Waals surface area contributed by atoms with Crippen LogP contribution in [0.15, 0.2) is 16.2 Å². The van der Waals surface area contributed by atoms with Gasteiger partial charge in [0.25, 0.3) is 0 Å². The van der Waals surface area contributed by atoms with Crippen molar-refractivity contribution in [2.45, 2.75) is 39.7 Å². The van der Waals surface area contributed by atoms with Crippen molar-refractivity contribution >= 4 is 23.4 Å². The first kappa shape index (κ1) is 16.2. The molecule has 0 aromatic carbocycles. The molecule has 1 unspecified atom stereocenters. The van der Waals surface area contributed by atoms with Crippen LogP contribution >= 0.6 is 0 Å². The third-order valence-electron chi connectivity index (χ3n) is 3.97. The van der Waals surface area contributed by atoms with Crippen molar-refractivity contribution in [3.63, 3.8) is 0 Å². The van der Waals surface area contributed by atoms with E-state index >= 15 is 0 Å². The van der Waals surface area contributed by atoms with Gasteiger partial charge in [0.2, 0.25) is 17.0 Å². The topological polar surface area (TPSA) is 85.3 Å². The Morgan fingerprint density at radius 3 is 2.41 bits per heavy atom. The van der Waals surface area contributed by atoms with Gasteiger partial charge in [-0.3, -0.25) is 9.80 Å². The fraction of sp³-hybridized carbons (Fsp3) is 0.600. The maximum atomic E-state index is 12.7. The fourth-order valence-corrected chi connectivity index (χ4v) is 2.65. The van der Waals surface area contributed by atoms with Gasteiger partial charge in [0.15, 0.2) is 0 Å². The van der Waals surface area contributed by atoms with Crippen LogP contribution in [0.25, 0.3) is 0 Å². The molecule has 22 heavy (non-hydrogen) atoms. The molecule has 0 bridgehead atoms. The van der Waals surface area contributed by atoms with Crippen LogP contribution in [0.1, 0.15) is 34.1 Å². The summed E-state index contributed by atoms with van der Waals surface area (Å²) in [4.78, 5) is 37.1. The zero-order chi connectivity index (χ0) is 16.5. The lowest BCUT2D eigenvalue weighted by molar-refractivity contribution is -0.160. The summed E-state index contributed by atoms with van der Waals surface area (Å²) in [5.74, 6) is -2.12. The highest BCUT2D eigenvalue weighted by Gasteiger charge is 2.60. The highest BCUT2D eigenvalue weighted by molar-refractivity contribution is 6.68. The summed E-state index contributed by atoms with van der Waals surface area (Å²) in [6.45, 7) is 7.67. The molecule has 0 spiro atoms. The summed E-state index contributed by atoms with van der Waals surface area (Å²) in [6, 6.07) is 0. The van der Waals surface area contributed by atoms with E-state index in [-0.39, 0.29) is 25.3 Å². The number of carbonyl (C=O) groups is 3. The lowest BCUT2D eigenvalue weighted by Crippen LogP contribution is -2.59. The largest absolute Gasteiger partial charge is 0.464 e. The zero-order valence-electron chi connectivity index (χ0n) is 13.3. The van der Waals surface area contributed by atoms with E-state index in [0.717, 1.165) is 11.1 Å². The van der Waals surface area contributed by atoms with E-state index in [4.69, 9.17) is 9.47 Å². The van der Waals surface area contributed by atoms with Crippen LogP contribution in [-0.4, -0.2) is 53.7 Å². The summed E-state index contributed by atoms with van der Waals surface area (Å²) in [7, 11) is 0. The number of hydrogen-bond donors (Lipinski definition) is 0. The van der Waals surface area contributed by atoms with Crippen LogP contribution in [0.3, 0.4) is 0 Å². The second-order valence-corrected chi connectivity index (χ2v) is 5.37. The number of esters is 2. The van der Waals surface area contributed by atoms with Crippen LogP contribution < -0.4 is 0 Å². The smallest absolute Gasteiger partial charge is 0.362 e. The number of rotatable bonds is 4. The molecule has 2 rings (SSSR count). The molecule has 2 aliphatic rings. The van der Waals surface area contributed by atoms with E-state index in [2.05, 4.69) is 5.10 Å². The SMILES string of the molecule is CCOC(=O)C1=NN2CC(C)=C(C)CC2(C(=O)OCC)C1=O. The first-order valence-corrected chi connectivity index (χ1v) is 7.29. The number of carbonyl (C=O) groups excluding carboxylic acids is 3. The van der Waals surface area contributed by atoms with Gasteiger partial charge in [0.1, 0.15) is 0 Å². The molecule has 2 heterocycles. The van der Waals surface area contributed by atoms with E-state index in [9.17, 15) is 14.4 Å². The predicted octanol–water partition coefficient (Wildman–Crippen LogP) is 0.832. The predicted molar refractivity (Wildman–Crippen MR) is 78.1 cm³/mol. The second-order valence-electron chi connectivity index (χ2n) is 5.37. The summed E-state index contributed by atoms with van der Waals surface area (Å²) < 4.78 is 9.94. The minimum Gasteiger partial charge on any atom is -0.464 e. The Morgan fingerprint density at radius 2 is 1.82 bits per heavy atom. The van der Waals surface area contributed by atoms with Gasteiger partial charge < -0.3 is 9.47 Å². The van der Waals surface area contributed by atoms with Gasteiger partial charge in [-0.05, 0) is 27.7 Å². The standard InChI is InChI=1S/C15H20N2O5/c1-5-21-13(19)11-12(18)15(14(20)22-6-2)7-9(3)10(4)8-17(15)16-11/h5-8H2,1-4H3. The molecule has 2 aliphatic heterocycles. The average Bonchev–Trinajstić information content (AvgIpc) is 2.74. The Hall–Kier alpha value is -2.18. The molecule has 0 aromatic heterocycles. The lowest BCUT2D eigenvalue weighted by atomic mass is 9.81. The molecule has 0 fully saturated rings. The van der Waals surface area contributed by atoms with Crippen molar-refractivity contribution in [2.75, 3.05) is 19.8 Å². The Morgan fingerprint density at radius 1 is 1.18 bits per heavy atom. The molecule has 0 N–H and O–H groups in total. The summed E-state index contributed by atoms with van der Waals surface area (Å²) in [5.41, 5.74) is 0.0405. The van der Waals surface area contributed by atoms with Gasteiger partial charge in [0, 0.05) is 6.42 Å². The number of fused-ring (bicyclic) bond motifs is 1. The fourth-order valence-electron chi connectivity index (χ4n) is 2.65. The molecule has 0 saturated heterocycles. The Bertz CT molecular complexity index is 593. The number of hydrazone groups is 1. The summed E-state index contributed by atoms with van der Waals surface area (Å²) in [5, 5.41) is 5.42. The van der Waals surface area contributed by atoms with Crippen molar-refractivity contribution in [3.05, 3.63) is 11.1 Å². The summed E-state index contributed by atoms with van der Waals surface area (Å²) in [6.07, 6.45) is 0.170. The highest BCUT2D eigenvalue weighted by Crippen LogP contribution is 2.38. The van der Waals surface area contributed by atoms with Crippen LogP contribution in [0, 0.1) is 0 Å². The van der Waals surface area contributed by atoms with E-state index < -0.39 is 23.3 Å². The minimum atomic E-state index is -1.57. The van der Waals surface area contributed by atoms with Crippen molar-refractivity contribution in [1.82, 2.24) is 5.01 Å². The van der Waals surface area contributed by atoms with Gasteiger partial charge in [-0.25, -0.2) is 9.59 Å². The van der Waals surface area contributed by atoms with Crippen LogP contribution in [0.2, 0.25) is 0 Å². The van der Waals surface area contributed by atoms with Gasteiger partial charge >= 0.3 is 11.9 Å². The Labute approximate surface area is 128 Å². The molecule has 1 atom stereocenters. The molecule has 120 valence electrons. The minimum absolute atomic E-state index is 0.133. The van der Waals surface area contributed by atoms with Crippen LogP contribution in [-0.2, 0) is 23.9 Å². The highest BCUT2D eigenvalue weighted by atomic mass is 16.5. The molecular weight excluding hydrogens is 288 g/mol. The lowest BCUT2D eigenvalue weighted by Gasteiger charge is -2.38. The van der Waals surface area contributed by atoms with Gasteiger partial charge in [0.05, 0.1) is 19.8 Å². The number of ketones is 1. The molecule has 0 aromatic rings. The van der Waals surface area contributed by atoms with E-state index in [1.807, 2.05) is 13.8 Å². The maximum Gasteiger partial charge on any atom is 0.362 e. The number of ether oxygens (including phenoxy) is 2. The Balaban J connectivity index is 2.45. The monoisotopic (exact) mass is 308 g/mol. The molecule has 7 nitrogen and oxygen atoms in total. The van der Waals surface area contributed by atoms with Crippen molar-refractivity contribution in [3.8, 4) is 0 Å². The normalized spacial score (nSPS) is 24.1. The number of hydrogen-bond acceptors (Lipinski definition) is 7. The number of nitrogens with zero attached hydrogens (tertiary/aromatic N) is 2. The van der Waals surface area contributed by atoms with Crippen molar-refractivity contribution in [1.29, 1.82) is 0 Å². The quantitative estimate of drug-likeness (QED) is 0.434. The third-order valence-corrected chi connectivity index (χ3v) is 3.97. The van der Waals surface area contributed by atoms with Crippen LogP contribution in [0.5, 0.6) is 0 Å². The molecular formula is C15H20N2O5. The third kappa shape index (κ3) is 2.30. The van der Waals surface area contributed by atoms with Gasteiger partial charge in [-0.2, -0.15) is 5.10 Å². The zero-order valence-corrected chi connectivity index (χ0v) is 13.3. The van der Waals surface area contributed by atoms with E-state index in [0.29, 0.717) is 6.54 Å². The molecule has 0 aliphatic carbocycles. The number of Topliss-reactive ketones (excluding diaryl/α,β-unsaturated/α-hetero) is 1.